The van der Waals surface area contributed by atoms with Gasteiger partial charge in [0, 0.05) is 17.2 Å². The van der Waals surface area contributed by atoms with E-state index in [0.717, 1.165) is 18.0 Å². The Morgan fingerprint density at radius 3 is 2.80 bits per heavy atom. The summed E-state index contributed by atoms with van der Waals surface area (Å²) in [6, 6.07) is 1.26. The van der Waals surface area contributed by atoms with Crippen molar-refractivity contribution in [2.24, 2.45) is 10.2 Å². The molecule has 1 atom stereocenters. The van der Waals surface area contributed by atoms with E-state index in [1.165, 1.54) is 19.9 Å². The van der Waals surface area contributed by atoms with Crippen molar-refractivity contribution in [3.05, 3.63) is 32.9 Å². The van der Waals surface area contributed by atoms with Crippen LogP contribution in [-0.2, 0) is 9.59 Å². The van der Waals surface area contributed by atoms with E-state index in [9.17, 15) is 24.8 Å². The van der Waals surface area contributed by atoms with Gasteiger partial charge in [-0.3, -0.25) is 19.7 Å². The number of carboxylic acid groups (broad SMARTS) is 1. The zero-order valence-electron chi connectivity index (χ0n) is 13.2. The summed E-state index contributed by atoms with van der Waals surface area (Å²) in [7, 11) is 0. The Hall–Kier alpha value is -2.95. The molecule has 1 amide bonds. The molecule has 1 unspecified atom stereocenters. The SMILES string of the molecule is Cc1cc([N+](=O)[O-])c(C)c(C=NN=C2NC(=O)C(CC(=O)O)S2)c1O. The Morgan fingerprint density at radius 1 is 1.52 bits per heavy atom. The van der Waals surface area contributed by atoms with Crippen LogP contribution in [0, 0.1) is 24.0 Å². The molecule has 25 heavy (non-hydrogen) atoms. The Kier molecular flexibility index (Phi) is 5.37. The van der Waals surface area contributed by atoms with Gasteiger partial charge in [-0.1, -0.05) is 11.8 Å². The fourth-order valence-corrected chi connectivity index (χ4v) is 3.06. The molecular formula is C14H14N4O6S. The van der Waals surface area contributed by atoms with Gasteiger partial charge < -0.3 is 15.5 Å². The molecule has 10 nitrogen and oxygen atoms in total. The number of carbonyl (C=O) groups excluding carboxylic acids is 1. The molecular weight excluding hydrogens is 352 g/mol. The molecule has 1 fully saturated rings. The first-order valence-corrected chi connectivity index (χ1v) is 7.86. The predicted octanol–water partition coefficient (Wildman–Crippen LogP) is 1.31. The Labute approximate surface area is 145 Å². The number of aliphatic carboxylic acids is 1. The number of phenolic OH excluding ortho intramolecular Hbond substituents is 1. The summed E-state index contributed by atoms with van der Waals surface area (Å²) in [6.45, 7) is 3.00. The number of nitro benzene ring substituents is 1. The molecule has 0 spiro atoms. The van der Waals surface area contributed by atoms with Crippen LogP contribution in [0.2, 0.25) is 0 Å². The Balaban J connectivity index is 2.24. The van der Waals surface area contributed by atoms with Gasteiger partial charge in [0.25, 0.3) is 5.69 Å². The topological polar surface area (TPSA) is 154 Å². The number of amides is 1. The van der Waals surface area contributed by atoms with Crippen LogP contribution < -0.4 is 5.32 Å². The van der Waals surface area contributed by atoms with E-state index < -0.39 is 22.0 Å². The Bertz CT molecular complexity index is 820. The van der Waals surface area contributed by atoms with Gasteiger partial charge in [-0.05, 0) is 19.4 Å². The van der Waals surface area contributed by atoms with Gasteiger partial charge in [0.05, 0.1) is 17.6 Å². The number of phenols is 1. The molecule has 1 aliphatic rings. The highest BCUT2D eigenvalue weighted by molar-refractivity contribution is 8.15. The number of carbonyl (C=O) groups is 2. The highest BCUT2D eigenvalue weighted by atomic mass is 32.2. The van der Waals surface area contributed by atoms with Crippen molar-refractivity contribution < 1.29 is 24.7 Å². The number of hydrogen-bond donors (Lipinski definition) is 3. The smallest absolute Gasteiger partial charge is 0.305 e. The maximum atomic E-state index is 11.6. The van der Waals surface area contributed by atoms with E-state index in [0.29, 0.717) is 5.56 Å². The fraction of sp³-hybridized carbons (Fsp3) is 0.286. The fourth-order valence-electron chi connectivity index (χ4n) is 2.14. The molecule has 2 rings (SSSR count). The van der Waals surface area contributed by atoms with Gasteiger partial charge in [0.2, 0.25) is 5.91 Å². The number of benzene rings is 1. The lowest BCUT2D eigenvalue weighted by atomic mass is 10.0. The quantitative estimate of drug-likeness (QED) is 0.403. The van der Waals surface area contributed by atoms with E-state index in [-0.39, 0.29) is 34.2 Å². The molecule has 11 heteroatoms. The summed E-state index contributed by atoms with van der Waals surface area (Å²) in [6.07, 6.45) is 0.804. The number of aryl methyl sites for hydroxylation is 1. The normalized spacial score (nSPS) is 18.7. The summed E-state index contributed by atoms with van der Waals surface area (Å²) in [5, 5.41) is 39.0. The first kappa shape index (κ1) is 18.4. The standard InChI is InChI=1S/C14H14N4O6S/c1-6-3-9(18(23)24)7(2)8(12(6)21)5-15-17-14-16-13(22)10(25-14)4-11(19)20/h3,5,10,21H,4H2,1-2H3,(H,19,20)(H,16,17,22). The number of nitrogens with one attached hydrogen (secondary N) is 1. The van der Waals surface area contributed by atoms with Crippen LogP contribution >= 0.6 is 11.8 Å². The van der Waals surface area contributed by atoms with E-state index >= 15 is 0 Å². The average Bonchev–Trinajstić information content (AvgIpc) is 2.85. The molecule has 132 valence electrons. The summed E-state index contributed by atoms with van der Waals surface area (Å²) in [5.41, 5.74) is 0.530. The first-order chi connectivity index (χ1) is 11.7. The third kappa shape index (κ3) is 4.12. The lowest BCUT2D eigenvalue weighted by molar-refractivity contribution is -0.385. The number of amidine groups is 1. The van der Waals surface area contributed by atoms with Crippen molar-refractivity contribution in [3.8, 4) is 5.75 Å². The van der Waals surface area contributed by atoms with Gasteiger partial charge in [0.1, 0.15) is 11.0 Å². The molecule has 0 aromatic heterocycles. The summed E-state index contributed by atoms with van der Waals surface area (Å²) >= 11 is 0.926. The van der Waals surface area contributed by atoms with Crippen molar-refractivity contribution in [2.75, 3.05) is 0 Å². The molecule has 1 aromatic rings. The van der Waals surface area contributed by atoms with Crippen LogP contribution in [0.3, 0.4) is 0 Å². The van der Waals surface area contributed by atoms with Crippen LogP contribution in [0.4, 0.5) is 5.69 Å². The van der Waals surface area contributed by atoms with Crippen LogP contribution in [0.5, 0.6) is 5.75 Å². The van der Waals surface area contributed by atoms with Crippen molar-refractivity contribution in [2.45, 2.75) is 25.5 Å². The number of thioether (sulfide) groups is 1. The van der Waals surface area contributed by atoms with E-state index in [2.05, 4.69) is 15.5 Å². The van der Waals surface area contributed by atoms with Crippen LogP contribution in [-0.4, -0.2) is 43.6 Å². The van der Waals surface area contributed by atoms with Gasteiger partial charge in [-0.15, -0.1) is 5.10 Å². The first-order valence-electron chi connectivity index (χ1n) is 6.98. The van der Waals surface area contributed by atoms with Crippen LogP contribution in [0.15, 0.2) is 16.3 Å². The van der Waals surface area contributed by atoms with E-state index in [1.807, 2.05) is 0 Å². The second-order valence-electron chi connectivity index (χ2n) is 5.20. The minimum Gasteiger partial charge on any atom is -0.507 e. The highest BCUT2D eigenvalue weighted by Gasteiger charge is 2.32. The number of aromatic hydroxyl groups is 1. The largest absolute Gasteiger partial charge is 0.507 e. The van der Waals surface area contributed by atoms with E-state index in [1.54, 1.807) is 0 Å². The molecule has 1 aromatic carbocycles. The zero-order valence-corrected chi connectivity index (χ0v) is 14.0. The van der Waals surface area contributed by atoms with Crippen molar-refractivity contribution in [3.63, 3.8) is 0 Å². The number of nitrogens with zero attached hydrogens (tertiary/aromatic N) is 3. The predicted molar refractivity (Wildman–Crippen MR) is 91.0 cm³/mol. The monoisotopic (exact) mass is 366 g/mol. The van der Waals surface area contributed by atoms with E-state index in [4.69, 9.17) is 5.11 Å². The van der Waals surface area contributed by atoms with Gasteiger partial charge in [-0.25, -0.2) is 0 Å². The minimum atomic E-state index is -1.11. The van der Waals surface area contributed by atoms with Gasteiger partial charge in [-0.2, -0.15) is 5.10 Å². The average molecular weight is 366 g/mol. The number of nitro groups is 1. The van der Waals surface area contributed by atoms with Crippen molar-refractivity contribution in [1.82, 2.24) is 5.32 Å². The maximum absolute atomic E-state index is 11.6. The maximum Gasteiger partial charge on any atom is 0.305 e. The zero-order chi connectivity index (χ0) is 18.7. The van der Waals surface area contributed by atoms with Crippen LogP contribution in [0.25, 0.3) is 0 Å². The number of carboxylic acids is 1. The molecule has 0 radical (unpaired) electrons. The molecule has 1 aliphatic heterocycles. The van der Waals surface area contributed by atoms with Gasteiger partial charge >= 0.3 is 5.97 Å². The van der Waals surface area contributed by atoms with Crippen molar-refractivity contribution >= 4 is 40.7 Å². The summed E-state index contributed by atoms with van der Waals surface area (Å²) < 4.78 is 0. The minimum absolute atomic E-state index is 0.117. The molecule has 0 saturated carbocycles. The molecule has 0 bridgehead atoms. The summed E-state index contributed by atoms with van der Waals surface area (Å²) in [5.74, 6) is -1.74. The second-order valence-corrected chi connectivity index (χ2v) is 6.39. The summed E-state index contributed by atoms with van der Waals surface area (Å²) in [4.78, 5) is 32.7. The lowest BCUT2D eigenvalue weighted by Gasteiger charge is -2.07. The molecule has 1 heterocycles. The third-order valence-electron chi connectivity index (χ3n) is 3.44. The lowest BCUT2D eigenvalue weighted by Crippen LogP contribution is -2.26. The van der Waals surface area contributed by atoms with Gasteiger partial charge in [0.15, 0.2) is 5.17 Å². The third-order valence-corrected chi connectivity index (χ3v) is 4.51. The highest BCUT2D eigenvalue weighted by Crippen LogP contribution is 2.31. The number of rotatable bonds is 5. The van der Waals surface area contributed by atoms with Crippen molar-refractivity contribution in [1.29, 1.82) is 0 Å². The second kappa shape index (κ2) is 7.30. The van der Waals surface area contributed by atoms with Crippen LogP contribution in [0.1, 0.15) is 23.1 Å². The molecule has 3 N–H and O–H groups in total. The molecule has 1 saturated heterocycles. The Morgan fingerprint density at radius 2 is 2.20 bits per heavy atom. The molecule has 0 aliphatic carbocycles. The number of hydrogen-bond acceptors (Lipinski definition) is 8.